The Hall–Kier alpha value is -1.82. The summed E-state index contributed by atoms with van der Waals surface area (Å²) in [6.07, 6.45) is 0. The smallest absolute Gasteiger partial charge is 0.328 e. The molecule has 0 aromatic heterocycles. The number of nitro groups is 1. The zero-order chi connectivity index (χ0) is 15.4. The number of aryl methyl sites for hydroxylation is 1. The summed E-state index contributed by atoms with van der Waals surface area (Å²) in [5.74, 6) is -0.398. The lowest BCUT2D eigenvalue weighted by Crippen LogP contribution is -2.35. The quantitative estimate of drug-likeness (QED) is 0.513. The summed E-state index contributed by atoms with van der Waals surface area (Å²) in [6, 6.07) is 2.28. The number of ether oxygens (including phenoxy) is 1. The van der Waals surface area contributed by atoms with Gasteiger partial charge in [0.05, 0.1) is 12.0 Å². The van der Waals surface area contributed by atoms with Crippen LogP contribution in [0.25, 0.3) is 0 Å². The van der Waals surface area contributed by atoms with Crippen molar-refractivity contribution in [1.82, 2.24) is 0 Å². The van der Waals surface area contributed by atoms with Crippen LogP contribution in [-0.2, 0) is 9.53 Å². The first-order chi connectivity index (χ1) is 9.27. The second kappa shape index (κ2) is 6.56. The number of nitro benzene ring substituents is 1. The summed E-state index contributed by atoms with van der Waals surface area (Å²) in [5.41, 5.74) is 1.05. The number of methoxy groups -OCH3 is 1. The zero-order valence-corrected chi connectivity index (χ0v) is 12.5. The largest absolute Gasteiger partial charge is 0.467 e. The second-order valence-corrected chi connectivity index (χ2v) is 5.17. The second-order valence-electron chi connectivity index (χ2n) is 4.76. The topological polar surface area (TPSA) is 81.5 Å². The number of carbonyl (C=O) groups is 1. The van der Waals surface area contributed by atoms with Crippen molar-refractivity contribution in [3.05, 3.63) is 32.8 Å². The van der Waals surface area contributed by atoms with Crippen LogP contribution in [-0.4, -0.2) is 24.0 Å². The Morgan fingerprint density at radius 3 is 2.50 bits per heavy atom. The average molecular weight is 301 g/mol. The maximum Gasteiger partial charge on any atom is 0.328 e. The molecular formula is C13H17ClN2O4. The van der Waals surface area contributed by atoms with Gasteiger partial charge in [-0.3, -0.25) is 10.1 Å². The molecule has 1 rings (SSSR count). The van der Waals surface area contributed by atoms with E-state index in [1.54, 1.807) is 6.92 Å². The minimum atomic E-state index is -0.545. The van der Waals surface area contributed by atoms with Gasteiger partial charge in [0.1, 0.15) is 11.1 Å². The summed E-state index contributed by atoms with van der Waals surface area (Å²) in [5, 5.41) is 13.8. The van der Waals surface area contributed by atoms with Gasteiger partial charge in [-0.05, 0) is 24.5 Å². The van der Waals surface area contributed by atoms with E-state index in [1.807, 2.05) is 13.8 Å². The fourth-order valence-electron chi connectivity index (χ4n) is 1.75. The third-order valence-corrected chi connectivity index (χ3v) is 3.23. The van der Waals surface area contributed by atoms with E-state index in [0.29, 0.717) is 11.3 Å². The van der Waals surface area contributed by atoms with Crippen LogP contribution in [0.1, 0.15) is 19.4 Å². The number of anilines is 1. The summed E-state index contributed by atoms with van der Waals surface area (Å²) >= 11 is 5.87. The molecule has 1 N–H and O–H groups in total. The molecule has 0 saturated carbocycles. The lowest BCUT2D eigenvalue weighted by atomic mass is 10.0. The molecule has 0 aliphatic carbocycles. The van der Waals surface area contributed by atoms with Gasteiger partial charge in [0.25, 0.3) is 5.69 Å². The van der Waals surface area contributed by atoms with Crippen molar-refractivity contribution in [2.75, 3.05) is 12.4 Å². The van der Waals surface area contributed by atoms with Crippen LogP contribution in [0, 0.1) is 23.0 Å². The number of hydrogen-bond acceptors (Lipinski definition) is 5. The summed E-state index contributed by atoms with van der Waals surface area (Å²) in [7, 11) is 1.31. The van der Waals surface area contributed by atoms with Gasteiger partial charge < -0.3 is 10.1 Å². The van der Waals surface area contributed by atoms with E-state index in [-0.39, 0.29) is 16.6 Å². The first kappa shape index (κ1) is 16.2. The third-order valence-electron chi connectivity index (χ3n) is 2.92. The number of carbonyl (C=O) groups excluding carboxylic acids is 1. The van der Waals surface area contributed by atoms with E-state index in [4.69, 9.17) is 16.3 Å². The summed E-state index contributed by atoms with van der Waals surface area (Å²) < 4.78 is 4.74. The SMILES string of the molecule is COC(=O)C(Nc1cc(Cl)c([N+](=O)[O-])cc1C)C(C)C. The molecule has 0 spiro atoms. The Balaban J connectivity index is 3.11. The van der Waals surface area contributed by atoms with Gasteiger partial charge in [0, 0.05) is 11.8 Å². The van der Waals surface area contributed by atoms with Crippen molar-refractivity contribution in [3.63, 3.8) is 0 Å². The Bertz CT molecular complexity index is 531. The highest BCUT2D eigenvalue weighted by Gasteiger charge is 2.24. The van der Waals surface area contributed by atoms with Gasteiger partial charge in [-0.1, -0.05) is 25.4 Å². The maximum absolute atomic E-state index is 11.7. The highest BCUT2D eigenvalue weighted by Crippen LogP contribution is 2.31. The van der Waals surface area contributed by atoms with E-state index in [9.17, 15) is 14.9 Å². The Labute approximate surface area is 122 Å². The molecule has 6 nitrogen and oxygen atoms in total. The Morgan fingerprint density at radius 1 is 1.45 bits per heavy atom. The van der Waals surface area contributed by atoms with E-state index >= 15 is 0 Å². The van der Waals surface area contributed by atoms with Crippen molar-refractivity contribution in [3.8, 4) is 0 Å². The highest BCUT2D eigenvalue weighted by atomic mass is 35.5. The van der Waals surface area contributed by atoms with Crippen LogP contribution in [0.5, 0.6) is 0 Å². The highest BCUT2D eigenvalue weighted by molar-refractivity contribution is 6.33. The van der Waals surface area contributed by atoms with Gasteiger partial charge in [-0.15, -0.1) is 0 Å². The van der Waals surface area contributed by atoms with Crippen LogP contribution < -0.4 is 5.32 Å². The lowest BCUT2D eigenvalue weighted by Gasteiger charge is -2.22. The predicted molar refractivity (Wildman–Crippen MR) is 77.1 cm³/mol. The van der Waals surface area contributed by atoms with Crippen LogP contribution in [0.3, 0.4) is 0 Å². The summed E-state index contributed by atoms with van der Waals surface area (Å²) in [4.78, 5) is 22.0. The van der Waals surface area contributed by atoms with Crippen LogP contribution in [0.15, 0.2) is 12.1 Å². The van der Waals surface area contributed by atoms with Gasteiger partial charge >= 0.3 is 5.97 Å². The Morgan fingerprint density at radius 2 is 2.05 bits per heavy atom. The van der Waals surface area contributed by atoms with Gasteiger partial charge in [-0.25, -0.2) is 4.79 Å². The minimum Gasteiger partial charge on any atom is -0.467 e. The van der Waals surface area contributed by atoms with Crippen molar-refractivity contribution in [1.29, 1.82) is 0 Å². The number of rotatable bonds is 5. The first-order valence-electron chi connectivity index (χ1n) is 6.06. The van der Waals surface area contributed by atoms with Gasteiger partial charge in [0.2, 0.25) is 0 Å². The van der Waals surface area contributed by atoms with E-state index in [2.05, 4.69) is 5.32 Å². The average Bonchev–Trinajstić information content (AvgIpc) is 2.37. The molecule has 0 aliphatic heterocycles. The third kappa shape index (κ3) is 3.60. The normalized spacial score (nSPS) is 12.1. The molecule has 0 amide bonds. The molecule has 0 radical (unpaired) electrons. The summed E-state index contributed by atoms with van der Waals surface area (Å²) in [6.45, 7) is 5.45. The van der Waals surface area contributed by atoms with Gasteiger partial charge in [-0.2, -0.15) is 0 Å². The van der Waals surface area contributed by atoms with Crippen molar-refractivity contribution in [2.24, 2.45) is 5.92 Å². The maximum atomic E-state index is 11.7. The van der Waals surface area contributed by atoms with Crippen molar-refractivity contribution >= 4 is 28.9 Å². The number of hydrogen-bond donors (Lipinski definition) is 1. The lowest BCUT2D eigenvalue weighted by molar-refractivity contribution is -0.384. The molecular weight excluding hydrogens is 284 g/mol. The molecule has 1 aromatic rings. The molecule has 1 aromatic carbocycles. The molecule has 0 bridgehead atoms. The van der Waals surface area contributed by atoms with Crippen molar-refractivity contribution in [2.45, 2.75) is 26.8 Å². The number of nitrogens with one attached hydrogen (secondary N) is 1. The molecule has 7 heteroatoms. The number of esters is 1. The molecule has 0 saturated heterocycles. The molecule has 0 aliphatic rings. The molecule has 0 heterocycles. The van der Waals surface area contributed by atoms with Gasteiger partial charge in [0.15, 0.2) is 0 Å². The molecule has 1 atom stereocenters. The fraction of sp³-hybridized carbons (Fsp3) is 0.462. The molecule has 110 valence electrons. The van der Waals surface area contributed by atoms with Crippen molar-refractivity contribution < 1.29 is 14.5 Å². The van der Waals surface area contributed by atoms with Crippen LogP contribution in [0.4, 0.5) is 11.4 Å². The number of benzene rings is 1. The fourth-order valence-corrected chi connectivity index (χ4v) is 1.99. The molecule has 1 unspecified atom stereocenters. The monoisotopic (exact) mass is 300 g/mol. The predicted octanol–water partition coefficient (Wildman–Crippen LogP) is 3.17. The standard InChI is InChI=1S/C13H17ClN2O4/c1-7(2)12(13(17)20-4)15-10-6-9(14)11(16(18)19)5-8(10)3/h5-7,12,15H,1-4H3. The first-order valence-corrected chi connectivity index (χ1v) is 6.44. The number of halogens is 1. The van der Waals surface area contributed by atoms with Crippen LogP contribution >= 0.6 is 11.6 Å². The van der Waals surface area contributed by atoms with E-state index in [1.165, 1.54) is 19.2 Å². The zero-order valence-electron chi connectivity index (χ0n) is 11.8. The van der Waals surface area contributed by atoms with E-state index < -0.39 is 16.9 Å². The molecule has 0 fully saturated rings. The Kier molecular flexibility index (Phi) is 5.33. The van der Waals surface area contributed by atoms with Crippen LogP contribution in [0.2, 0.25) is 5.02 Å². The van der Waals surface area contributed by atoms with E-state index in [0.717, 1.165) is 0 Å². The molecule has 20 heavy (non-hydrogen) atoms. The minimum absolute atomic E-state index is 0.00387. The number of nitrogens with zero attached hydrogens (tertiary/aromatic N) is 1.